The molecular formula is C14H12ClFN2O2. The van der Waals surface area contributed by atoms with Crippen LogP contribution in [0.15, 0.2) is 42.5 Å². The first-order valence-electron chi connectivity index (χ1n) is 5.93. The lowest BCUT2D eigenvalue weighted by molar-refractivity contribution is -0.385. The Morgan fingerprint density at radius 2 is 2.00 bits per heavy atom. The van der Waals surface area contributed by atoms with Gasteiger partial charge in [0, 0.05) is 16.8 Å². The van der Waals surface area contributed by atoms with Crippen LogP contribution >= 0.6 is 11.6 Å². The largest absolute Gasteiger partial charge is 0.378 e. The average Bonchev–Trinajstić information content (AvgIpc) is 2.37. The molecule has 2 aromatic rings. The van der Waals surface area contributed by atoms with E-state index >= 15 is 0 Å². The van der Waals surface area contributed by atoms with Crippen LogP contribution in [0, 0.1) is 15.9 Å². The number of anilines is 1. The molecule has 0 aliphatic rings. The van der Waals surface area contributed by atoms with Gasteiger partial charge in [0.05, 0.1) is 16.5 Å². The van der Waals surface area contributed by atoms with Crippen molar-refractivity contribution >= 4 is 23.0 Å². The summed E-state index contributed by atoms with van der Waals surface area (Å²) in [4.78, 5) is 10.5. The lowest BCUT2D eigenvalue weighted by Crippen LogP contribution is -2.09. The number of rotatable bonds is 4. The molecule has 0 heterocycles. The Morgan fingerprint density at radius 1 is 1.30 bits per heavy atom. The van der Waals surface area contributed by atoms with Gasteiger partial charge in [-0.3, -0.25) is 10.1 Å². The summed E-state index contributed by atoms with van der Waals surface area (Å²) >= 11 is 5.77. The van der Waals surface area contributed by atoms with Crippen molar-refractivity contribution in [1.29, 1.82) is 0 Å². The smallest absolute Gasteiger partial charge is 0.274 e. The molecule has 0 amide bonds. The van der Waals surface area contributed by atoms with E-state index < -0.39 is 10.7 Å². The van der Waals surface area contributed by atoms with Gasteiger partial charge in [0.1, 0.15) is 5.82 Å². The Balaban J connectivity index is 2.28. The van der Waals surface area contributed by atoms with Crippen LogP contribution in [0.1, 0.15) is 18.5 Å². The second kappa shape index (κ2) is 5.88. The van der Waals surface area contributed by atoms with E-state index in [-0.39, 0.29) is 16.8 Å². The molecule has 0 aliphatic heterocycles. The fraction of sp³-hybridized carbons (Fsp3) is 0.143. The minimum atomic E-state index is -0.463. The molecule has 0 saturated carbocycles. The maximum absolute atomic E-state index is 13.3. The third kappa shape index (κ3) is 3.24. The highest BCUT2D eigenvalue weighted by atomic mass is 35.5. The summed E-state index contributed by atoms with van der Waals surface area (Å²) in [6.07, 6.45) is 0. The van der Waals surface area contributed by atoms with Crippen LogP contribution < -0.4 is 5.32 Å². The summed E-state index contributed by atoms with van der Waals surface area (Å²) in [5, 5.41) is 14.3. The van der Waals surface area contributed by atoms with Crippen LogP contribution in [0.4, 0.5) is 15.8 Å². The second-order valence-electron chi connectivity index (χ2n) is 4.34. The molecule has 4 nitrogen and oxygen atoms in total. The Labute approximate surface area is 120 Å². The van der Waals surface area contributed by atoms with Gasteiger partial charge in [-0.05, 0) is 25.1 Å². The predicted molar refractivity (Wildman–Crippen MR) is 76.5 cm³/mol. The molecule has 0 saturated heterocycles. The molecule has 1 atom stereocenters. The quantitative estimate of drug-likeness (QED) is 0.664. The fourth-order valence-corrected chi connectivity index (χ4v) is 2.21. The first-order valence-corrected chi connectivity index (χ1v) is 6.31. The zero-order chi connectivity index (χ0) is 14.7. The maximum atomic E-state index is 13.3. The van der Waals surface area contributed by atoms with Crippen LogP contribution in [0.25, 0.3) is 0 Å². The van der Waals surface area contributed by atoms with Crippen LogP contribution in [-0.4, -0.2) is 4.92 Å². The minimum Gasteiger partial charge on any atom is -0.378 e. The maximum Gasteiger partial charge on any atom is 0.274 e. The zero-order valence-electron chi connectivity index (χ0n) is 10.6. The number of halogens is 2. The van der Waals surface area contributed by atoms with Gasteiger partial charge in [0.25, 0.3) is 5.69 Å². The molecule has 20 heavy (non-hydrogen) atoms. The van der Waals surface area contributed by atoms with Crippen LogP contribution in [0.5, 0.6) is 0 Å². The number of hydrogen-bond donors (Lipinski definition) is 1. The summed E-state index contributed by atoms with van der Waals surface area (Å²) in [5.74, 6) is -0.463. The van der Waals surface area contributed by atoms with Crippen molar-refractivity contribution in [3.05, 3.63) is 69.0 Å². The van der Waals surface area contributed by atoms with E-state index in [0.717, 1.165) is 0 Å². The van der Waals surface area contributed by atoms with Gasteiger partial charge in [-0.15, -0.1) is 0 Å². The Bertz CT molecular complexity index is 629. The lowest BCUT2D eigenvalue weighted by atomic mass is 10.1. The van der Waals surface area contributed by atoms with Gasteiger partial charge in [0.2, 0.25) is 0 Å². The third-order valence-electron chi connectivity index (χ3n) is 2.85. The number of nitro benzene ring substituents is 1. The summed E-state index contributed by atoms with van der Waals surface area (Å²) < 4.78 is 13.3. The normalized spacial score (nSPS) is 11.9. The summed E-state index contributed by atoms with van der Waals surface area (Å²) in [6.45, 7) is 1.77. The number of para-hydroxylation sites is 1. The minimum absolute atomic E-state index is 0.0231. The highest BCUT2D eigenvalue weighted by Gasteiger charge is 2.18. The van der Waals surface area contributed by atoms with E-state index in [4.69, 9.17) is 11.6 Å². The van der Waals surface area contributed by atoms with Gasteiger partial charge in [0.15, 0.2) is 0 Å². The molecule has 2 aromatic carbocycles. The van der Waals surface area contributed by atoms with Crippen LogP contribution in [0.2, 0.25) is 5.02 Å². The van der Waals surface area contributed by atoms with Crippen molar-refractivity contribution in [2.24, 2.45) is 0 Å². The standard InChI is InChI=1S/C14H12ClFN2O2/c1-9(13-4-2-3-5-14(13)18(19)20)17-12-7-10(15)6-11(16)8-12/h2-9,17H,1H3. The van der Waals surface area contributed by atoms with Gasteiger partial charge in [-0.1, -0.05) is 29.8 Å². The van der Waals surface area contributed by atoms with Crippen molar-refractivity contribution in [3.63, 3.8) is 0 Å². The molecule has 0 radical (unpaired) electrons. The van der Waals surface area contributed by atoms with E-state index in [1.165, 1.54) is 18.2 Å². The van der Waals surface area contributed by atoms with Crippen molar-refractivity contribution in [2.75, 3.05) is 5.32 Å². The van der Waals surface area contributed by atoms with E-state index in [1.807, 2.05) is 0 Å². The monoisotopic (exact) mass is 294 g/mol. The van der Waals surface area contributed by atoms with Crippen molar-refractivity contribution in [2.45, 2.75) is 13.0 Å². The van der Waals surface area contributed by atoms with Crippen LogP contribution in [-0.2, 0) is 0 Å². The Hall–Kier alpha value is -2.14. The zero-order valence-corrected chi connectivity index (χ0v) is 11.4. The molecule has 1 N–H and O–H groups in total. The SMILES string of the molecule is CC(Nc1cc(F)cc(Cl)c1)c1ccccc1[N+](=O)[O-]. The molecule has 0 aromatic heterocycles. The molecular weight excluding hydrogens is 283 g/mol. The van der Waals surface area contributed by atoms with Crippen molar-refractivity contribution in [1.82, 2.24) is 0 Å². The van der Waals surface area contributed by atoms with E-state index in [0.29, 0.717) is 11.3 Å². The first-order chi connectivity index (χ1) is 9.47. The molecule has 0 aliphatic carbocycles. The average molecular weight is 295 g/mol. The highest BCUT2D eigenvalue weighted by molar-refractivity contribution is 6.30. The molecule has 1 unspecified atom stereocenters. The Morgan fingerprint density at radius 3 is 2.65 bits per heavy atom. The molecule has 0 spiro atoms. The van der Waals surface area contributed by atoms with Gasteiger partial charge in [-0.25, -0.2) is 4.39 Å². The number of hydrogen-bond acceptors (Lipinski definition) is 3. The van der Waals surface area contributed by atoms with E-state index in [9.17, 15) is 14.5 Å². The van der Waals surface area contributed by atoms with Crippen molar-refractivity contribution < 1.29 is 9.31 Å². The summed E-state index contributed by atoms with van der Waals surface area (Å²) in [7, 11) is 0. The topological polar surface area (TPSA) is 55.2 Å². The first kappa shape index (κ1) is 14.3. The van der Waals surface area contributed by atoms with Crippen molar-refractivity contribution in [3.8, 4) is 0 Å². The summed E-state index contributed by atoms with van der Waals surface area (Å²) in [6, 6.07) is 10.1. The highest BCUT2D eigenvalue weighted by Crippen LogP contribution is 2.28. The van der Waals surface area contributed by atoms with Crippen LogP contribution in [0.3, 0.4) is 0 Å². The number of benzene rings is 2. The molecule has 0 fully saturated rings. The lowest BCUT2D eigenvalue weighted by Gasteiger charge is -2.16. The van der Waals surface area contributed by atoms with E-state index in [1.54, 1.807) is 31.2 Å². The molecule has 104 valence electrons. The Kier molecular flexibility index (Phi) is 4.20. The predicted octanol–water partition coefficient (Wildman–Crippen LogP) is 4.56. The number of nitro groups is 1. The third-order valence-corrected chi connectivity index (χ3v) is 3.06. The van der Waals surface area contributed by atoms with Gasteiger partial charge < -0.3 is 5.32 Å². The van der Waals surface area contributed by atoms with Gasteiger partial charge >= 0.3 is 0 Å². The molecule has 2 rings (SSSR count). The number of nitrogens with one attached hydrogen (secondary N) is 1. The second-order valence-corrected chi connectivity index (χ2v) is 4.78. The molecule has 6 heteroatoms. The number of nitrogens with zero attached hydrogens (tertiary/aromatic N) is 1. The van der Waals surface area contributed by atoms with Gasteiger partial charge in [-0.2, -0.15) is 0 Å². The van der Waals surface area contributed by atoms with E-state index in [2.05, 4.69) is 5.32 Å². The fourth-order valence-electron chi connectivity index (χ4n) is 1.98. The molecule has 0 bridgehead atoms. The summed E-state index contributed by atoms with van der Waals surface area (Å²) in [5.41, 5.74) is 1.02.